The van der Waals surface area contributed by atoms with Gasteiger partial charge in [-0.2, -0.15) is 0 Å². The monoisotopic (exact) mass is 525 g/mol. The molecule has 0 aliphatic carbocycles. The van der Waals surface area contributed by atoms with Crippen LogP contribution >= 0.6 is 0 Å². The SMILES string of the molecule is C=C(C)/C=C(\C=C(\C)C(C)CC)c1[nH]c2ccc(C3CCN(C(C)C(=O)N(C)C)CC3)cc2c1CC(F)F. The number of likely N-dealkylation sites (N-methyl/N-ethyl adjacent to an activating group) is 1. The van der Waals surface area contributed by atoms with Crippen molar-refractivity contribution in [2.45, 2.75) is 78.7 Å². The maximum Gasteiger partial charge on any atom is 0.242 e. The molecule has 1 aromatic carbocycles. The summed E-state index contributed by atoms with van der Waals surface area (Å²) < 4.78 is 27.7. The quantitative estimate of drug-likeness (QED) is 0.325. The first-order valence-electron chi connectivity index (χ1n) is 13.9. The standard InChI is InChI=1S/C32H45F2N3O/c1-9-21(4)22(5)17-26(16-20(2)3)31-28(19-30(33)34)27-18-25(10-11-29(27)35-31)24-12-14-37(15-13-24)23(6)32(38)36(7)8/h10-11,16-18,21,23-24,30,35H,2,9,12-15,19H2,1,3-8H3/b22-17-,26-16+. The Hall–Kier alpha value is -2.73. The molecule has 38 heavy (non-hydrogen) atoms. The number of piperidine rings is 1. The Morgan fingerprint density at radius 3 is 2.39 bits per heavy atom. The second kappa shape index (κ2) is 12.9. The first-order valence-corrected chi connectivity index (χ1v) is 13.9. The summed E-state index contributed by atoms with van der Waals surface area (Å²) in [5.41, 5.74) is 6.48. The van der Waals surface area contributed by atoms with Crippen LogP contribution in [-0.2, 0) is 11.2 Å². The fourth-order valence-corrected chi connectivity index (χ4v) is 5.44. The van der Waals surface area contributed by atoms with Gasteiger partial charge in [0.2, 0.25) is 12.3 Å². The second-order valence-corrected chi connectivity index (χ2v) is 11.2. The number of allylic oxidation sites excluding steroid dienone is 5. The third kappa shape index (κ3) is 7.02. The Balaban J connectivity index is 1.98. The van der Waals surface area contributed by atoms with Crippen molar-refractivity contribution in [3.05, 3.63) is 64.9 Å². The van der Waals surface area contributed by atoms with E-state index in [1.165, 1.54) is 11.1 Å². The fourth-order valence-electron chi connectivity index (χ4n) is 5.44. The molecule has 1 saturated heterocycles. The maximum absolute atomic E-state index is 13.9. The highest BCUT2D eigenvalue weighted by molar-refractivity contribution is 5.92. The van der Waals surface area contributed by atoms with Gasteiger partial charge in [0.25, 0.3) is 0 Å². The van der Waals surface area contributed by atoms with Crippen LogP contribution in [0.2, 0.25) is 0 Å². The number of carbonyl (C=O) groups is 1. The van der Waals surface area contributed by atoms with E-state index >= 15 is 0 Å². The normalized spacial score (nSPS) is 17.7. The number of halogens is 2. The van der Waals surface area contributed by atoms with E-state index in [2.05, 4.69) is 55.4 Å². The first-order chi connectivity index (χ1) is 17.9. The number of H-pyrrole nitrogens is 1. The van der Waals surface area contributed by atoms with Gasteiger partial charge in [-0.3, -0.25) is 9.69 Å². The van der Waals surface area contributed by atoms with E-state index < -0.39 is 6.43 Å². The van der Waals surface area contributed by atoms with Gasteiger partial charge in [0.15, 0.2) is 0 Å². The van der Waals surface area contributed by atoms with Gasteiger partial charge in [0.05, 0.1) is 6.04 Å². The van der Waals surface area contributed by atoms with E-state index in [1.807, 2.05) is 26.0 Å². The van der Waals surface area contributed by atoms with Gasteiger partial charge in [-0.1, -0.05) is 49.8 Å². The van der Waals surface area contributed by atoms with Gasteiger partial charge in [-0.15, -0.1) is 0 Å². The van der Waals surface area contributed by atoms with Crippen LogP contribution in [0.25, 0.3) is 16.5 Å². The van der Waals surface area contributed by atoms with Crippen LogP contribution in [0.1, 0.15) is 76.6 Å². The number of benzene rings is 1. The van der Waals surface area contributed by atoms with E-state index in [1.54, 1.807) is 19.0 Å². The van der Waals surface area contributed by atoms with Crippen molar-refractivity contribution < 1.29 is 13.6 Å². The molecule has 0 radical (unpaired) electrons. The highest BCUT2D eigenvalue weighted by Crippen LogP contribution is 2.36. The van der Waals surface area contributed by atoms with E-state index in [0.29, 0.717) is 17.4 Å². The third-order valence-electron chi connectivity index (χ3n) is 8.10. The molecule has 1 aliphatic rings. The maximum atomic E-state index is 13.9. The minimum Gasteiger partial charge on any atom is -0.354 e. The van der Waals surface area contributed by atoms with E-state index in [0.717, 1.165) is 60.1 Å². The van der Waals surface area contributed by atoms with Gasteiger partial charge >= 0.3 is 0 Å². The third-order valence-corrected chi connectivity index (χ3v) is 8.10. The van der Waals surface area contributed by atoms with Gasteiger partial charge in [-0.05, 0) is 93.8 Å². The Kier molecular flexibility index (Phi) is 10.1. The number of hydrogen-bond donors (Lipinski definition) is 1. The molecule has 0 spiro atoms. The summed E-state index contributed by atoms with van der Waals surface area (Å²) in [7, 11) is 3.59. The Labute approximate surface area is 227 Å². The number of nitrogens with one attached hydrogen (secondary N) is 1. The minimum absolute atomic E-state index is 0.123. The van der Waals surface area contributed by atoms with Crippen LogP contribution in [0.15, 0.2) is 48.1 Å². The molecular weight excluding hydrogens is 480 g/mol. The van der Waals surface area contributed by atoms with Gasteiger partial charge in [0, 0.05) is 37.1 Å². The number of rotatable bonds is 10. The van der Waals surface area contributed by atoms with Crippen molar-refractivity contribution in [2.24, 2.45) is 5.92 Å². The summed E-state index contributed by atoms with van der Waals surface area (Å²) in [6.45, 7) is 16.1. The highest BCUT2D eigenvalue weighted by Gasteiger charge is 2.28. The van der Waals surface area contributed by atoms with Crippen LogP contribution in [0.5, 0.6) is 0 Å². The summed E-state index contributed by atoms with van der Waals surface area (Å²) >= 11 is 0. The number of likely N-dealkylation sites (tertiary alicyclic amines) is 1. The molecule has 3 rings (SSSR count). The van der Waals surface area contributed by atoms with Crippen molar-refractivity contribution in [2.75, 3.05) is 27.2 Å². The summed E-state index contributed by atoms with van der Waals surface area (Å²) in [5.74, 6) is 0.866. The van der Waals surface area contributed by atoms with Crippen LogP contribution in [0, 0.1) is 5.92 Å². The minimum atomic E-state index is -2.44. The van der Waals surface area contributed by atoms with Crippen LogP contribution in [0.4, 0.5) is 8.78 Å². The van der Waals surface area contributed by atoms with Gasteiger partial charge in [-0.25, -0.2) is 8.78 Å². The van der Waals surface area contributed by atoms with Gasteiger partial charge < -0.3 is 9.88 Å². The van der Waals surface area contributed by atoms with Crippen molar-refractivity contribution in [3.63, 3.8) is 0 Å². The molecule has 2 unspecified atom stereocenters. The van der Waals surface area contributed by atoms with E-state index in [-0.39, 0.29) is 18.4 Å². The summed E-state index contributed by atoms with van der Waals surface area (Å²) in [6, 6.07) is 6.15. The molecule has 0 bridgehead atoms. The highest BCUT2D eigenvalue weighted by atomic mass is 19.3. The number of carbonyl (C=O) groups excluding carboxylic acids is 1. The zero-order valence-corrected chi connectivity index (χ0v) is 24.2. The van der Waals surface area contributed by atoms with Crippen molar-refractivity contribution in [3.8, 4) is 0 Å². The van der Waals surface area contributed by atoms with Crippen LogP contribution in [0.3, 0.4) is 0 Å². The lowest BCUT2D eigenvalue weighted by atomic mass is 9.87. The van der Waals surface area contributed by atoms with Crippen LogP contribution < -0.4 is 0 Å². The predicted octanol–water partition coefficient (Wildman–Crippen LogP) is 7.58. The predicted molar refractivity (Wildman–Crippen MR) is 156 cm³/mol. The Morgan fingerprint density at radius 1 is 1.18 bits per heavy atom. The lowest BCUT2D eigenvalue weighted by Gasteiger charge is -2.36. The zero-order valence-electron chi connectivity index (χ0n) is 24.2. The average Bonchev–Trinajstić information content (AvgIpc) is 3.23. The zero-order chi connectivity index (χ0) is 28.1. The number of nitrogens with zero attached hydrogens (tertiary/aromatic N) is 2. The molecule has 1 aromatic heterocycles. The molecule has 208 valence electrons. The van der Waals surface area contributed by atoms with Crippen molar-refractivity contribution in [1.29, 1.82) is 0 Å². The topological polar surface area (TPSA) is 39.3 Å². The van der Waals surface area contributed by atoms with Crippen LogP contribution in [-0.4, -0.2) is 60.3 Å². The molecule has 1 aliphatic heterocycles. The molecule has 4 nitrogen and oxygen atoms in total. The molecule has 2 aromatic rings. The fraction of sp³-hybridized carbons (Fsp3) is 0.531. The Bertz CT molecular complexity index is 1200. The number of hydrogen-bond acceptors (Lipinski definition) is 2. The Morgan fingerprint density at radius 2 is 1.84 bits per heavy atom. The lowest BCUT2D eigenvalue weighted by Crippen LogP contribution is -2.47. The molecule has 1 N–H and O–H groups in total. The number of amides is 1. The number of aromatic nitrogens is 1. The molecule has 6 heteroatoms. The molecule has 2 heterocycles. The number of aromatic amines is 1. The average molecular weight is 526 g/mol. The first kappa shape index (κ1) is 29.8. The number of alkyl halides is 2. The molecule has 2 atom stereocenters. The van der Waals surface area contributed by atoms with Gasteiger partial charge in [0.1, 0.15) is 0 Å². The second-order valence-electron chi connectivity index (χ2n) is 11.2. The molecule has 0 saturated carbocycles. The molecular formula is C32H45F2N3O. The summed E-state index contributed by atoms with van der Waals surface area (Å²) in [4.78, 5) is 19.8. The number of fused-ring (bicyclic) bond motifs is 1. The summed E-state index contributed by atoms with van der Waals surface area (Å²) in [6.07, 6.45) is 4.26. The van der Waals surface area contributed by atoms with E-state index in [4.69, 9.17) is 0 Å². The largest absolute Gasteiger partial charge is 0.354 e. The van der Waals surface area contributed by atoms with Crippen molar-refractivity contribution in [1.82, 2.24) is 14.8 Å². The lowest BCUT2D eigenvalue weighted by molar-refractivity contribution is -0.134. The smallest absolute Gasteiger partial charge is 0.242 e. The molecule has 1 amide bonds. The summed E-state index contributed by atoms with van der Waals surface area (Å²) in [5, 5.41) is 0.874. The molecule has 1 fully saturated rings. The van der Waals surface area contributed by atoms with Crippen molar-refractivity contribution >= 4 is 22.4 Å². The van der Waals surface area contributed by atoms with E-state index in [9.17, 15) is 13.6 Å².